The van der Waals surface area contributed by atoms with E-state index in [0.717, 1.165) is 6.42 Å². The summed E-state index contributed by atoms with van der Waals surface area (Å²) >= 11 is 6.30. The van der Waals surface area contributed by atoms with E-state index in [0.29, 0.717) is 24.8 Å². The van der Waals surface area contributed by atoms with Crippen molar-refractivity contribution in [2.45, 2.75) is 77.5 Å². The van der Waals surface area contributed by atoms with Crippen LogP contribution in [0.3, 0.4) is 0 Å². The van der Waals surface area contributed by atoms with Crippen molar-refractivity contribution in [1.29, 1.82) is 0 Å². The first-order valence-corrected chi connectivity index (χ1v) is 12.8. The molecule has 2 fully saturated rings. The first kappa shape index (κ1) is 29.1. The number of nitrogens with one attached hydrogen (secondary N) is 3. The van der Waals surface area contributed by atoms with Gasteiger partial charge in [0.25, 0.3) is 5.91 Å². The van der Waals surface area contributed by atoms with Crippen molar-refractivity contribution >= 4 is 53.2 Å². The molecule has 38 heavy (non-hydrogen) atoms. The molecule has 206 valence electrons. The number of aldehydes is 1. The molecule has 2 bridgehead atoms. The van der Waals surface area contributed by atoms with Crippen molar-refractivity contribution < 1.29 is 33.9 Å². The molecule has 5 atom stereocenters. The molecule has 1 aliphatic carbocycles. The molecule has 0 aromatic heterocycles. The summed E-state index contributed by atoms with van der Waals surface area (Å²) in [4.78, 5) is 75.5. The molecule has 2 aliphatic rings. The van der Waals surface area contributed by atoms with Gasteiger partial charge in [-0.1, -0.05) is 32.4 Å². The van der Waals surface area contributed by atoms with Crippen molar-refractivity contribution in [1.82, 2.24) is 15.5 Å². The summed E-state index contributed by atoms with van der Waals surface area (Å²) in [6.07, 6.45) is 1.83. The number of carbonyl (C=O) groups excluding carboxylic acids is 5. The molecule has 0 spiro atoms. The smallest absolute Gasteiger partial charge is 0.305 e. The number of carboxylic acids is 1. The van der Waals surface area contributed by atoms with Gasteiger partial charge in [0.15, 0.2) is 0 Å². The summed E-state index contributed by atoms with van der Waals surface area (Å²) in [5.41, 5.74) is -0.212. The number of hydrogen-bond donors (Lipinski definition) is 4. The summed E-state index contributed by atoms with van der Waals surface area (Å²) in [6.45, 7) is 6.71. The molecule has 12 heteroatoms. The first-order valence-electron chi connectivity index (χ1n) is 12.4. The highest BCUT2D eigenvalue weighted by Crippen LogP contribution is 2.43. The molecule has 1 aromatic carbocycles. The molecular weight excluding hydrogens is 516 g/mol. The minimum atomic E-state index is -1.23. The van der Waals surface area contributed by atoms with Gasteiger partial charge in [-0.15, -0.1) is 0 Å². The SMILES string of the molecule is CC(=O)Nc1ccc(C(=O)NC(C(=O)N2C3CCC(C3)[C@H]2C(=O)NC(C=O)CC(=O)O)C(C)(C)C)c(Cl)c1. The number of amides is 4. The largest absolute Gasteiger partial charge is 0.481 e. The zero-order valence-corrected chi connectivity index (χ0v) is 22.5. The third-order valence-electron chi connectivity index (χ3n) is 6.92. The van der Waals surface area contributed by atoms with Gasteiger partial charge in [0.1, 0.15) is 18.4 Å². The van der Waals surface area contributed by atoms with E-state index < -0.39 is 53.7 Å². The lowest BCUT2D eigenvalue weighted by Crippen LogP contribution is -2.61. The second-order valence-electron chi connectivity index (χ2n) is 10.9. The number of likely N-dealkylation sites (tertiary alicyclic amines) is 1. The number of hydrogen-bond acceptors (Lipinski definition) is 6. The fourth-order valence-electron chi connectivity index (χ4n) is 5.22. The van der Waals surface area contributed by atoms with Crippen LogP contribution in [0.4, 0.5) is 5.69 Å². The Hall–Kier alpha value is -3.47. The van der Waals surface area contributed by atoms with Crippen LogP contribution in [-0.2, 0) is 24.0 Å². The molecule has 1 saturated carbocycles. The van der Waals surface area contributed by atoms with Gasteiger partial charge >= 0.3 is 5.97 Å². The van der Waals surface area contributed by atoms with Gasteiger partial charge < -0.3 is 30.8 Å². The number of rotatable bonds is 9. The quantitative estimate of drug-likeness (QED) is 0.343. The fourth-order valence-corrected chi connectivity index (χ4v) is 5.49. The van der Waals surface area contributed by atoms with Gasteiger partial charge in [-0.25, -0.2) is 0 Å². The van der Waals surface area contributed by atoms with E-state index in [1.165, 1.54) is 30.0 Å². The van der Waals surface area contributed by atoms with Gasteiger partial charge in [-0.05, 0) is 48.8 Å². The Morgan fingerprint density at radius 1 is 1.16 bits per heavy atom. The van der Waals surface area contributed by atoms with Crippen molar-refractivity contribution in [3.63, 3.8) is 0 Å². The molecular formula is C26H33ClN4O7. The number of aliphatic carboxylic acids is 1. The van der Waals surface area contributed by atoms with E-state index in [1.807, 2.05) is 0 Å². The number of fused-ring (bicyclic) bond motifs is 2. The number of carbonyl (C=O) groups is 6. The predicted octanol–water partition coefficient (Wildman–Crippen LogP) is 1.98. The highest BCUT2D eigenvalue weighted by Gasteiger charge is 2.53. The van der Waals surface area contributed by atoms with Crippen molar-refractivity contribution in [2.75, 3.05) is 5.32 Å². The van der Waals surface area contributed by atoms with Gasteiger partial charge in [-0.3, -0.25) is 24.0 Å². The number of nitrogens with zero attached hydrogens (tertiary/aromatic N) is 1. The number of carboxylic acid groups (broad SMARTS) is 1. The zero-order valence-electron chi connectivity index (χ0n) is 21.7. The second kappa shape index (κ2) is 11.5. The Kier molecular flexibility index (Phi) is 8.81. The Morgan fingerprint density at radius 2 is 1.84 bits per heavy atom. The maximum atomic E-state index is 13.9. The average molecular weight is 549 g/mol. The normalized spacial score (nSPS) is 21.8. The average Bonchev–Trinajstić information content (AvgIpc) is 3.42. The Bertz CT molecular complexity index is 1150. The van der Waals surface area contributed by atoms with Gasteiger partial charge in [0, 0.05) is 18.7 Å². The Morgan fingerprint density at radius 3 is 2.39 bits per heavy atom. The first-order chi connectivity index (χ1) is 17.7. The van der Waals surface area contributed by atoms with Crippen molar-refractivity contribution in [3.8, 4) is 0 Å². The number of piperidine rings is 1. The van der Waals surface area contributed by atoms with Crippen molar-refractivity contribution in [2.24, 2.45) is 11.3 Å². The highest BCUT2D eigenvalue weighted by atomic mass is 35.5. The number of halogens is 1. The molecule has 1 heterocycles. The number of anilines is 1. The van der Waals surface area contributed by atoms with Crippen LogP contribution in [-0.4, -0.2) is 70.1 Å². The summed E-state index contributed by atoms with van der Waals surface area (Å²) in [5.74, 6) is -3.27. The van der Waals surface area contributed by atoms with Crippen LogP contribution in [0.5, 0.6) is 0 Å². The van der Waals surface area contributed by atoms with Crippen LogP contribution in [0.15, 0.2) is 18.2 Å². The monoisotopic (exact) mass is 548 g/mol. The maximum Gasteiger partial charge on any atom is 0.305 e. The second-order valence-corrected chi connectivity index (χ2v) is 11.3. The van der Waals surface area contributed by atoms with Crippen molar-refractivity contribution in [3.05, 3.63) is 28.8 Å². The molecule has 3 rings (SSSR count). The molecule has 4 amide bonds. The van der Waals surface area contributed by atoms with Crippen LogP contribution < -0.4 is 16.0 Å². The minimum Gasteiger partial charge on any atom is -0.481 e. The van der Waals surface area contributed by atoms with E-state index in [1.54, 1.807) is 20.8 Å². The predicted molar refractivity (Wildman–Crippen MR) is 138 cm³/mol. The summed E-state index contributed by atoms with van der Waals surface area (Å²) < 4.78 is 0. The molecule has 11 nitrogen and oxygen atoms in total. The van der Waals surface area contributed by atoms with Gasteiger partial charge in [0.05, 0.1) is 23.0 Å². The van der Waals surface area contributed by atoms with E-state index in [2.05, 4.69) is 16.0 Å². The molecule has 1 saturated heterocycles. The van der Waals surface area contributed by atoms with Crippen LogP contribution in [0, 0.1) is 11.3 Å². The van der Waals surface area contributed by atoms with Crippen LogP contribution >= 0.6 is 11.6 Å². The highest BCUT2D eigenvalue weighted by molar-refractivity contribution is 6.34. The zero-order chi connectivity index (χ0) is 28.4. The van der Waals surface area contributed by atoms with E-state index in [4.69, 9.17) is 16.7 Å². The Labute approximate surface area is 225 Å². The molecule has 4 N–H and O–H groups in total. The van der Waals surface area contributed by atoms with E-state index in [-0.39, 0.29) is 28.5 Å². The van der Waals surface area contributed by atoms with Gasteiger partial charge in [0.2, 0.25) is 17.7 Å². The molecule has 4 unspecified atom stereocenters. The van der Waals surface area contributed by atoms with E-state index >= 15 is 0 Å². The topological polar surface area (TPSA) is 162 Å². The summed E-state index contributed by atoms with van der Waals surface area (Å²) in [5, 5.41) is 16.9. The van der Waals surface area contributed by atoms with Crippen LogP contribution in [0.2, 0.25) is 5.02 Å². The van der Waals surface area contributed by atoms with Gasteiger partial charge in [-0.2, -0.15) is 0 Å². The fraction of sp³-hybridized carbons (Fsp3) is 0.538. The third-order valence-corrected chi connectivity index (χ3v) is 7.23. The number of benzene rings is 1. The maximum absolute atomic E-state index is 13.9. The lowest BCUT2D eigenvalue weighted by atomic mass is 9.84. The summed E-state index contributed by atoms with van der Waals surface area (Å²) in [6, 6.07) is 1.10. The minimum absolute atomic E-state index is 0.0877. The van der Waals surface area contributed by atoms with Crippen LogP contribution in [0.25, 0.3) is 0 Å². The lowest BCUT2D eigenvalue weighted by Gasteiger charge is -2.40. The summed E-state index contributed by atoms with van der Waals surface area (Å²) in [7, 11) is 0. The third kappa shape index (κ3) is 6.50. The van der Waals surface area contributed by atoms with E-state index in [9.17, 15) is 28.8 Å². The van der Waals surface area contributed by atoms with Crippen LogP contribution in [0.1, 0.15) is 63.7 Å². The lowest BCUT2D eigenvalue weighted by molar-refractivity contribution is -0.147. The molecule has 1 aromatic rings. The Balaban J connectivity index is 1.84. The standard InChI is InChI=1S/C26H33ClN4O7/c1-13(33)28-15-6-8-18(19(27)10-15)23(36)30-22(26(2,3)4)25(38)31-17-7-5-14(9-17)21(31)24(37)29-16(12-32)11-20(34)35/h6,8,10,12,14,16-17,21-22H,5,7,9,11H2,1-4H3,(H,28,33)(H,29,37)(H,30,36)(H,34,35)/t14?,16?,17?,21-,22?/m0/s1. The molecule has 1 aliphatic heterocycles. The molecule has 0 radical (unpaired) electrons.